The molecule has 3 amide bonds. The lowest BCUT2D eigenvalue weighted by Crippen LogP contribution is -2.54. The molecule has 0 spiro atoms. The minimum absolute atomic E-state index is 0.203. The molecule has 1 unspecified atom stereocenters. The third kappa shape index (κ3) is 2.72. The molecule has 1 heterocycles. The van der Waals surface area contributed by atoms with Gasteiger partial charge in [0.2, 0.25) is 0 Å². The highest BCUT2D eigenvalue weighted by Crippen LogP contribution is 2.36. The van der Waals surface area contributed by atoms with Crippen LogP contribution < -0.4 is 10.1 Å². The summed E-state index contributed by atoms with van der Waals surface area (Å²) in [5, 5.41) is 2.83. The summed E-state index contributed by atoms with van der Waals surface area (Å²) >= 11 is 3.45. The van der Waals surface area contributed by atoms with Crippen molar-refractivity contribution in [2.45, 2.75) is 39.8 Å². The minimum Gasteiger partial charge on any atom is -0.497 e. The van der Waals surface area contributed by atoms with E-state index in [1.165, 1.54) is 4.90 Å². The van der Waals surface area contributed by atoms with E-state index in [1.54, 1.807) is 14.0 Å². The molecule has 2 rings (SSSR count). The monoisotopic (exact) mass is 368 g/mol. The number of nitrogens with zero attached hydrogens (tertiary/aromatic N) is 1. The molecule has 1 aromatic rings. The van der Waals surface area contributed by atoms with Crippen molar-refractivity contribution in [3.05, 3.63) is 28.2 Å². The molecular weight excluding hydrogens is 348 g/mol. The Bertz CT molecular complexity index is 624. The van der Waals surface area contributed by atoms with E-state index < -0.39 is 5.54 Å². The van der Waals surface area contributed by atoms with E-state index in [4.69, 9.17) is 4.74 Å². The van der Waals surface area contributed by atoms with Crippen LogP contribution in [0.1, 0.15) is 33.3 Å². The van der Waals surface area contributed by atoms with Crippen LogP contribution in [0.4, 0.5) is 4.79 Å². The molecule has 0 aliphatic carbocycles. The number of urea groups is 1. The average molecular weight is 369 g/mol. The second-order valence-corrected chi connectivity index (χ2v) is 7.51. The summed E-state index contributed by atoms with van der Waals surface area (Å²) in [6.45, 7) is 7.80. The molecule has 1 aliphatic rings. The number of rotatable bonds is 3. The largest absolute Gasteiger partial charge is 0.497 e. The molecule has 1 saturated heterocycles. The normalized spacial score (nSPS) is 22.0. The van der Waals surface area contributed by atoms with Crippen LogP contribution in [0.3, 0.4) is 0 Å². The van der Waals surface area contributed by atoms with Gasteiger partial charge in [0.25, 0.3) is 5.91 Å². The van der Waals surface area contributed by atoms with Gasteiger partial charge < -0.3 is 10.1 Å². The Kier molecular flexibility index (Phi) is 4.26. The molecular formula is C16H21BrN2O3. The highest BCUT2D eigenvalue weighted by atomic mass is 79.9. The molecule has 0 radical (unpaired) electrons. The van der Waals surface area contributed by atoms with Crippen LogP contribution >= 0.6 is 15.9 Å². The molecule has 0 aromatic heterocycles. The van der Waals surface area contributed by atoms with E-state index in [2.05, 4.69) is 21.2 Å². The number of amides is 3. The standard InChI is InChI=1S/C16H21BrN2O3/c1-15(2,3)16(4)13(20)19(14(21)18-16)9-10-8-11(22-5)6-7-12(10)17/h6-8H,9H2,1-5H3,(H,18,21). The van der Waals surface area contributed by atoms with Crippen molar-refractivity contribution in [3.63, 3.8) is 0 Å². The highest BCUT2D eigenvalue weighted by molar-refractivity contribution is 9.10. The molecule has 1 N–H and O–H groups in total. The van der Waals surface area contributed by atoms with Gasteiger partial charge >= 0.3 is 6.03 Å². The van der Waals surface area contributed by atoms with Crippen molar-refractivity contribution in [1.82, 2.24) is 10.2 Å². The number of carbonyl (C=O) groups excluding carboxylic acids is 2. The Hall–Kier alpha value is -1.56. The smallest absolute Gasteiger partial charge is 0.325 e. The zero-order valence-corrected chi connectivity index (χ0v) is 15.1. The molecule has 0 bridgehead atoms. The zero-order valence-electron chi connectivity index (χ0n) is 13.5. The maximum absolute atomic E-state index is 12.8. The number of imide groups is 1. The van der Waals surface area contributed by atoms with Crippen LogP contribution in [0.5, 0.6) is 5.75 Å². The number of hydrogen-bond acceptors (Lipinski definition) is 3. The molecule has 6 heteroatoms. The van der Waals surface area contributed by atoms with Crippen molar-refractivity contribution < 1.29 is 14.3 Å². The first-order valence-corrected chi connectivity index (χ1v) is 7.86. The number of nitrogens with one attached hydrogen (secondary N) is 1. The van der Waals surface area contributed by atoms with E-state index in [-0.39, 0.29) is 23.9 Å². The predicted molar refractivity (Wildman–Crippen MR) is 87.6 cm³/mol. The van der Waals surface area contributed by atoms with Crippen molar-refractivity contribution in [3.8, 4) is 5.75 Å². The van der Waals surface area contributed by atoms with Gasteiger partial charge in [-0.3, -0.25) is 9.69 Å². The molecule has 1 aromatic carbocycles. The van der Waals surface area contributed by atoms with Crippen molar-refractivity contribution in [2.75, 3.05) is 7.11 Å². The second kappa shape index (κ2) is 5.57. The second-order valence-electron chi connectivity index (χ2n) is 6.65. The number of methoxy groups -OCH3 is 1. The zero-order chi connectivity index (χ0) is 16.7. The number of carbonyl (C=O) groups is 2. The molecule has 22 heavy (non-hydrogen) atoms. The van der Waals surface area contributed by atoms with Crippen molar-refractivity contribution >= 4 is 27.9 Å². The first-order chi connectivity index (χ1) is 10.1. The van der Waals surface area contributed by atoms with Crippen LogP contribution in [0.2, 0.25) is 0 Å². The van der Waals surface area contributed by atoms with Crippen LogP contribution in [-0.2, 0) is 11.3 Å². The molecule has 120 valence electrons. The van der Waals surface area contributed by atoms with E-state index in [0.717, 1.165) is 10.0 Å². The van der Waals surface area contributed by atoms with Gasteiger partial charge in [0, 0.05) is 4.47 Å². The molecule has 0 saturated carbocycles. The van der Waals surface area contributed by atoms with Crippen LogP contribution in [0.25, 0.3) is 0 Å². The van der Waals surface area contributed by atoms with E-state index in [1.807, 2.05) is 39.0 Å². The van der Waals surface area contributed by atoms with Gasteiger partial charge in [0.1, 0.15) is 11.3 Å². The number of ether oxygens (including phenoxy) is 1. The summed E-state index contributed by atoms with van der Waals surface area (Å²) in [7, 11) is 1.58. The molecule has 1 atom stereocenters. The first-order valence-electron chi connectivity index (χ1n) is 7.06. The summed E-state index contributed by atoms with van der Waals surface area (Å²) < 4.78 is 6.03. The fraction of sp³-hybridized carbons (Fsp3) is 0.500. The van der Waals surface area contributed by atoms with E-state index >= 15 is 0 Å². The predicted octanol–water partition coefficient (Wildman–Crippen LogP) is 3.31. The summed E-state index contributed by atoms with van der Waals surface area (Å²) in [5.74, 6) is 0.476. The van der Waals surface area contributed by atoms with E-state index in [9.17, 15) is 9.59 Å². The fourth-order valence-electron chi connectivity index (χ4n) is 2.32. The Morgan fingerprint density at radius 3 is 2.45 bits per heavy atom. The SMILES string of the molecule is COc1ccc(Br)c(CN2C(=O)NC(C)(C(C)(C)C)C2=O)c1. The van der Waals surface area contributed by atoms with Gasteiger partial charge in [-0.15, -0.1) is 0 Å². The van der Waals surface area contributed by atoms with Gasteiger partial charge in [0.15, 0.2) is 0 Å². The molecule has 5 nitrogen and oxygen atoms in total. The maximum atomic E-state index is 12.8. The fourth-order valence-corrected chi connectivity index (χ4v) is 2.69. The lowest BCUT2D eigenvalue weighted by atomic mass is 9.75. The molecule has 1 aliphatic heterocycles. The Morgan fingerprint density at radius 2 is 1.95 bits per heavy atom. The van der Waals surface area contributed by atoms with Crippen molar-refractivity contribution in [1.29, 1.82) is 0 Å². The van der Waals surface area contributed by atoms with Gasteiger partial charge in [-0.05, 0) is 36.1 Å². The number of hydrogen-bond donors (Lipinski definition) is 1. The van der Waals surface area contributed by atoms with Crippen LogP contribution in [0.15, 0.2) is 22.7 Å². The quantitative estimate of drug-likeness (QED) is 0.832. The number of benzene rings is 1. The maximum Gasteiger partial charge on any atom is 0.325 e. The lowest BCUT2D eigenvalue weighted by molar-refractivity contribution is -0.134. The van der Waals surface area contributed by atoms with Crippen LogP contribution in [-0.4, -0.2) is 29.5 Å². The summed E-state index contributed by atoms with van der Waals surface area (Å²) in [4.78, 5) is 26.3. The Labute approximate surface area is 139 Å². The third-order valence-electron chi connectivity index (χ3n) is 4.36. The van der Waals surface area contributed by atoms with E-state index in [0.29, 0.717) is 5.75 Å². The first kappa shape index (κ1) is 16.8. The third-order valence-corrected chi connectivity index (χ3v) is 5.13. The van der Waals surface area contributed by atoms with Gasteiger partial charge in [0.05, 0.1) is 13.7 Å². The number of halogens is 1. The van der Waals surface area contributed by atoms with Crippen LogP contribution in [0, 0.1) is 5.41 Å². The summed E-state index contributed by atoms with van der Waals surface area (Å²) in [5.41, 5.74) is -0.462. The topological polar surface area (TPSA) is 58.6 Å². The molecule has 1 fully saturated rings. The van der Waals surface area contributed by atoms with Gasteiger partial charge in [-0.25, -0.2) is 4.79 Å². The Morgan fingerprint density at radius 1 is 1.32 bits per heavy atom. The van der Waals surface area contributed by atoms with Gasteiger partial charge in [-0.1, -0.05) is 36.7 Å². The Balaban J connectivity index is 2.31. The average Bonchev–Trinajstić information content (AvgIpc) is 2.65. The lowest BCUT2D eigenvalue weighted by Gasteiger charge is -2.35. The van der Waals surface area contributed by atoms with Gasteiger partial charge in [-0.2, -0.15) is 0 Å². The van der Waals surface area contributed by atoms with Crippen molar-refractivity contribution in [2.24, 2.45) is 5.41 Å². The highest BCUT2D eigenvalue weighted by Gasteiger charge is 2.54. The summed E-state index contributed by atoms with van der Waals surface area (Å²) in [6, 6.07) is 5.11. The minimum atomic E-state index is -0.907. The summed E-state index contributed by atoms with van der Waals surface area (Å²) in [6.07, 6.45) is 0.